The van der Waals surface area contributed by atoms with Gasteiger partial charge in [-0.2, -0.15) is 0 Å². The van der Waals surface area contributed by atoms with Crippen LogP contribution >= 0.6 is 23.2 Å². The molecule has 6 heteroatoms. The summed E-state index contributed by atoms with van der Waals surface area (Å²) in [5.41, 5.74) is 0.972. The molecule has 2 aromatic rings. The molecule has 0 aliphatic rings. The first-order chi connectivity index (χ1) is 7.59. The van der Waals surface area contributed by atoms with Gasteiger partial charge in [-0.1, -0.05) is 23.2 Å². The van der Waals surface area contributed by atoms with Gasteiger partial charge in [0.2, 0.25) is 0 Å². The van der Waals surface area contributed by atoms with E-state index in [1.54, 1.807) is 24.5 Å². The molecule has 0 saturated heterocycles. The van der Waals surface area contributed by atoms with Crippen LogP contribution in [0.5, 0.6) is 0 Å². The highest BCUT2D eigenvalue weighted by Gasteiger charge is 2.18. The molecule has 0 spiro atoms. The maximum Gasteiger partial charge on any atom is 0.278 e. The first-order valence-electron chi connectivity index (χ1n) is 4.36. The van der Waals surface area contributed by atoms with Gasteiger partial charge in [-0.15, -0.1) is 0 Å². The van der Waals surface area contributed by atoms with Gasteiger partial charge in [0.05, 0.1) is 15.5 Å². The van der Waals surface area contributed by atoms with Gasteiger partial charge >= 0.3 is 0 Å². The number of nitrogens with one attached hydrogen (secondary N) is 1. The lowest BCUT2D eigenvalue weighted by Crippen LogP contribution is -1.91. The van der Waals surface area contributed by atoms with Gasteiger partial charge in [0.15, 0.2) is 0 Å². The van der Waals surface area contributed by atoms with E-state index in [9.17, 15) is 10.1 Å². The summed E-state index contributed by atoms with van der Waals surface area (Å²) in [6.07, 6.45) is 3.17. The van der Waals surface area contributed by atoms with Crippen LogP contribution in [0.25, 0.3) is 11.1 Å². The van der Waals surface area contributed by atoms with Crippen LogP contribution in [0.15, 0.2) is 30.6 Å². The van der Waals surface area contributed by atoms with Gasteiger partial charge < -0.3 is 4.98 Å². The quantitative estimate of drug-likeness (QED) is 0.655. The number of nitro benzene ring substituents is 1. The number of benzene rings is 1. The van der Waals surface area contributed by atoms with E-state index in [1.165, 1.54) is 6.07 Å². The molecule has 0 fully saturated rings. The third-order valence-electron chi connectivity index (χ3n) is 2.14. The molecule has 4 nitrogen and oxygen atoms in total. The molecule has 16 heavy (non-hydrogen) atoms. The molecule has 0 unspecified atom stereocenters. The summed E-state index contributed by atoms with van der Waals surface area (Å²) in [7, 11) is 0. The van der Waals surface area contributed by atoms with Crippen molar-refractivity contribution in [3.8, 4) is 11.1 Å². The van der Waals surface area contributed by atoms with Crippen LogP contribution in [0, 0.1) is 10.1 Å². The molecule has 2 rings (SSSR count). The van der Waals surface area contributed by atoms with E-state index in [0.717, 1.165) is 0 Å². The molecule has 82 valence electrons. The number of hydrogen-bond acceptors (Lipinski definition) is 2. The van der Waals surface area contributed by atoms with Gasteiger partial charge in [0, 0.05) is 29.0 Å². The molecule has 0 saturated carbocycles. The highest BCUT2D eigenvalue weighted by molar-refractivity contribution is 6.33. The molecule has 0 bridgehead atoms. The largest absolute Gasteiger partial charge is 0.366 e. The van der Waals surface area contributed by atoms with Crippen molar-refractivity contribution in [2.75, 3.05) is 0 Å². The Kier molecular flexibility index (Phi) is 2.85. The van der Waals surface area contributed by atoms with Crippen LogP contribution in [0.2, 0.25) is 10.0 Å². The topological polar surface area (TPSA) is 58.9 Å². The highest BCUT2D eigenvalue weighted by atomic mass is 35.5. The average molecular weight is 257 g/mol. The summed E-state index contributed by atoms with van der Waals surface area (Å²) in [6.45, 7) is 0. The smallest absolute Gasteiger partial charge is 0.278 e. The van der Waals surface area contributed by atoms with Crippen molar-refractivity contribution in [1.82, 2.24) is 4.98 Å². The number of nitro groups is 1. The zero-order valence-corrected chi connectivity index (χ0v) is 9.42. The molecule has 1 heterocycles. The maximum absolute atomic E-state index is 10.9. The minimum Gasteiger partial charge on any atom is -0.366 e. The summed E-state index contributed by atoms with van der Waals surface area (Å²) in [4.78, 5) is 13.2. The Labute approximate surface area is 101 Å². The molecular formula is C10H6Cl2N2O2. The fourth-order valence-electron chi connectivity index (χ4n) is 1.43. The van der Waals surface area contributed by atoms with Gasteiger partial charge in [-0.25, -0.2) is 0 Å². The van der Waals surface area contributed by atoms with Crippen molar-refractivity contribution in [2.24, 2.45) is 0 Å². The number of halogens is 2. The third kappa shape index (κ3) is 1.89. The van der Waals surface area contributed by atoms with E-state index >= 15 is 0 Å². The van der Waals surface area contributed by atoms with Crippen molar-refractivity contribution in [3.63, 3.8) is 0 Å². The highest BCUT2D eigenvalue weighted by Crippen LogP contribution is 2.35. The molecule has 0 atom stereocenters. The van der Waals surface area contributed by atoms with Gasteiger partial charge in [0.25, 0.3) is 5.69 Å². The normalized spacial score (nSPS) is 10.4. The zero-order chi connectivity index (χ0) is 11.7. The minimum absolute atomic E-state index is 0.0611. The number of hydrogen-bond donors (Lipinski definition) is 1. The van der Waals surface area contributed by atoms with Crippen LogP contribution in [-0.2, 0) is 0 Å². The van der Waals surface area contributed by atoms with Crippen LogP contribution < -0.4 is 0 Å². The van der Waals surface area contributed by atoms with E-state index in [1.807, 2.05) is 0 Å². The Morgan fingerprint density at radius 3 is 2.50 bits per heavy atom. The summed E-state index contributed by atoms with van der Waals surface area (Å²) >= 11 is 11.6. The van der Waals surface area contributed by atoms with Gasteiger partial charge in [0.1, 0.15) is 0 Å². The second kappa shape index (κ2) is 4.15. The van der Waals surface area contributed by atoms with Crippen LogP contribution in [0.4, 0.5) is 5.69 Å². The van der Waals surface area contributed by atoms with Crippen molar-refractivity contribution in [1.29, 1.82) is 0 Å². The third-order valence-corrected chi connectivity index (χ3v) is 2.69. The summed E-state index contributed by atoms with van der Waals surface area (Å²) in [5, 5.41) is 11.6. The summed E-state index contributed by atoms with van der Waals surface area (Å²) in [6, 6.07) is 4.48. The average Bonchev–Trinajstić information content (AvgIpc) is 2.64. The van der Waals surface area contributed by atoms with Crippen molar-refractivity contribution in [2.45, 2.75) is 0 Å². The van der Waals surface area contributed by atoms with E-state index in [4.69, 9.17) is 23.2 Å². The van der Waals surface area contributed by atoms with E-state index in [2.05, 4.69) is 4.98 Å². The minimum atomic E-state index is -0.482. The first kappa shape index (κ1) is 11.0. The molecule has 0 radical (unpaired) electrons. The van der Waals surface area contributed by atoms with E-state index < -0.39 is 4.92 Å². The Bertz CT molecular complexity index is 552. The van der Waals surface area contributed by atoms with Gasteiger partial charge in [-0.3, -0.25) is 10.1 Å². The SMILES string of the molecule is O=[N+]([O-])c1cc(Cl)ccc1-c1c[nH]cc1Cl. The Balaban J connectivity index is 2.65. The molecule has 1 aromatic heterocycles. The van der Waals surface area contributed by atoms with Crippen molar-refractivity contribution >= 4 is 28.9 Å². The molecule has 0 aliphatic heterocycles. The van der Waals surface area contributed by atoms with E-state index in [0.29, 0.717) is 21.2 Å². The molecule has 1 N–H and O–H groups in total. The number of H-pyrrole nitrogens is 1. The second-order valence-corrected chi connectivity index (χ2v) is 3.98. The molecule has 0 amide bonds. The number of aromatic nitrogens is 1. The Morgan fingerprint density at radius 2 is 1.94 bits per heavy atom. The monoisotopic (exact) mass is 256 g/mol. The lowest BCUT2D eigenvalue weighted by atomic mass is 10.1. The summed E-state index contributed by atoms with van der Waals surface area (Å²) in [5.74, 6) is 0. The van der Waals surface area contributed by atoms with Crippen LogP contribution in [0.1, 0.15) is 0 Å². The Morgan fingerprint density at radius 1 is 1.19 bits per heavy atom. The lowest BCUT2D eigenvalue weighted by Gasteiger charge is -2.01. The molecular weight excluding hydrogens is 251 g/mol. The Hall–Kier alpha value is -1.52. The predicted molar refractivity (Wildman–Crippen MR) is 62.9 cm³/mol. The van der Waals surface area contributed by atoms with Gasteiger partial charge in [-0.05, 0) is 12.1 Å². The first-order valence-corrected chi connectivity index (χ1v) is 5.12. The molecule has 1 aromatic carbocycles. The van der Waals surface area contributed by atoms with Crippen LogP contribution in [0.3, 0.4) is 0 Å². The van der Waals surface area contributed by atoms with Crippen LogP contribution in [-0.4, -0.2) is 9.91 Å². The van der Waals surface area contributed by atoms with Crippen molar-refractivity contribution in [3.05, 3.63) is 50.8 Å². The zero-order valence-electron chi connectivity index (χ0n) is 7.91. The second-order valence-electron chi connectivity index (χ2n) is 3.14. The predicted octanol–water partition coefficient (Wildman–Crippen LogP) is 3.90. The fourth-order valence-corrected chi connectivity index (χ4v) is 1.82. The standard InChI is InChI=1S/C10H6Cl2N2O2/c11-6-1-2-7(10(3-6)14(15)16)8-4-13-5-9(8)12/h1-5,13H. The maximum atomic E-state index is 10.9. The number of aromatic amines is 1. The van der Waals surface area contributed by atoms with Crippen molar-refractivity contribution < 1.29 is 4.92 Å². The van der Waals surface area contributed by atoms with E-state index in [-0.39, 0.29) is 5.69 Å². The fraction of sp³-hybridized carbons (Fsp3) is 0. The number of rotatable bonds is 2. The number of nitrogens with zero attached hydrogens (tertiary/aromatic N) is 1. The lowest BCUT2D eigenvalue weighted by molar-refractivity contribution is -0.384. The molecule has 0 aliphatic carbocycles. The summed E-state index contributed by atoms with van der Waals surface area (Å²) < 4.78 is 0.